The fourth-order valence-corrected chi connectivity index (χ4v) is 0.883. The average Bonchev–Trinajstić information content (AvgIpc) is 1.72. The SMILES string of the molecule is [CH]1Cc2cccnc21. The van der Waals surface area contributed by atoms with Gasteiger partial charge >= 0.3 is 0 Å². The zero-order chi connectivity index (χ0) is 5.40. The van der Waals surface area contributed by atoms with E-state index in [1.807, 2.05) is 12.3 Å². The van der Waals surface area contributed by atoms with Crippen molar-refractivity contribution in [3.05, 3.63) is 36.0 Å². The summed E-state index contributed by atoms with van der Waals surface area (Å²) in [5.41, 5.74) is 2.56. The molecule has 0 N–H and O–H groups in total. The molecule has 1 aromatic rings. The minimum absolute atomic E-state index is 1.11. The van der Waals surface area contributed by atoms with Gasteiger partial charge in [-0.15, -0.1) is 0 Å². The summed E-state index contributed by atoms with van der Waals surface area (Å²) < 4.78 is 0. The number of aromatic nitrogens is 1. The molecule has 1 radical (unpaired) electrons. The lowest BCUT2D eigenvalue weighted by Gasteiger charge is -2.14. The van der Waals surface area contributed by atoms with Gasteiger partial charge in [0.25, 0.3) is 0 Å². The van der Waals surface area contributed by atoms with Crippen LogP contribution in [0.15, 0.2) is 18.3 Å². The first-order valence-electron chi connectivity index (χ1n) is 2.74. The molecule has 0 amide bonds. The van der Waals surface area contributed by atoms with E-state index in [0.717, 1.165) is 6.42 Å². The van der Waals surface area contributed by atoms with Gasteiger partial charge in [0.2, 0.25) is 0 Å². The maximum absolute atomic E-state index is 4.11. The number of hydrogen-bond donors (Lipinski definition) is 0. The van der Waals surface area contributed by atoms with E-state index in [4.69, 9.17) is 0 Å². The van der Waals surface area contributed by atoms with E-state index in [1.54, 1.807) is 0 Å². The Bertz CT molecular complexity index is 182. The number of nitrogens with zero attached hydrogens (tertiary/aromatic N) is 1. The van der Waals surface area contributed by atoms with E-state index in [1.165, 1.54) is 11.3 Å². The molecule has 0 aromatic carbocycles. The molecule has 1 aromatic heterocycles. The molecular formula is C7H6N. The summed E-state index contributed by atoms with van der Waals surface area (Å²) in [6.07, 6.45) is 5.08. The molecule has 1 nitrogen and oxygen atoms in total. The van der Waals surface area contributed by atoms with E-state index in [0.29, 0.717) is 0 Å². The van der Waals surface area contributed by atoms with Gasteiger partial charge in [-0.3, -0.25) is 4.98 Å². The molecule has 0 spiro atoms. The largest absolute Gasteiger partial charge is 0.261 e. The molecule has 0 atom stereocenters. The van der Waals surface area contributed by atoms with E-state index in [2.05, 4.69) is 17.5 Å². The molecule has 8 heavy (non-hydrogen) atoms. The molecule has 0 saturated carbocycles. The number of fused-ring (bicyclic) bond motifs is 1. The van der Waals surface area contributed by atoms with Crippen molar-refractivity contribution in [1.29, 1.82) is 0 Å². The Morgan fingerprint density at radius 1 is 1.50 bits per heavy atom. The molecule has 0 bridgehead atoms. The van der Waals surface area contributed by atoms with Crippen LogP contribution >= 0.6 is 0 Å². The van der Waals surface area contributed by atoms with Gasteiger partial charge in [0.15, 0.2) is 0 Å². The summed E-state index contributed by atoms with van der Waals surface area (Å²) in [7, 11) is 0. The van der Waals surface area contributed by atoms with Gasteiger partial charge in [-0.1, -0.05) is 6.07 Å². The van der Waals surface area contributed by atoms with Crippen LogP contribution in [0.2, 0.25) is 0 Å². The Hall–Kier alpha value is -0.850. The van der Waals surface area contributed by atoms with Crippen LogP contribution in [0.4, 0.5) is 0 Å². The smallest absolute Gasteiger partial charge is 0.0476 e. The first-order valence-corrected chi connectivity index (χ1v) is 2.74. The highest BCUT2D eigenvalue weighted by Crippen LogP contribution is 2.20. The summed E-state index contributed by atoms with van der Waals surface area (Å²) in [6, 6.07) is 4.09. The fourth-order valence-electron chi connectivity index (χ4n) is 0.883. The minimum Gasteiger partial charge on any atom is -0.261 e. The normalized spacial score (nSPS) is 14.5. The van der Waals surface area contributed by atoms with Gasteiger partial charge in [0.1, 0.15) is 0 Å². The Morgan fingerprint density at radius 2 is 2.50 bits per heavy atom. The zero-order valence-corrected chi connectivity index (χ0v) is 4.46. The van der Waals surface area contributed by atoms with E-state index in [-0.39, 0.29) is 0 Å². The topological polar surface area (TPSA) is 12.9 Å². The summed E-state index contributed by atoms with van der Waals surface area (Å²) in [5, 5.41) is 0. The van der Waals surface area contributed by atoms with Gasteiger partial charge in [0.05, 0.1) is 0 Å². The maximum atomic E-state index is 4.11. The third-order valence-corrected chi connectivity index (χ3v) is 1.44. The second-order valence-corrected chi connectivity index (χ2v) is 1.96. The fraction of sp³-hybridized carbons (Fsp3) is 0.143. The lowest BCUT2D eigenvalue weighted by molar-refractivity contribution is 0.962. The molecule has 1 aliphatic rings. The van der Waals surface area contributed by atoms with Crippen molar-refractivity contribution < 1.29 is 0 Å². The van der Waals surface area contributed by atoms with Crippen LogP contribution in [-0.2, 0) is 6.42 Å². The molecule has 1 heteroatoms. The third kappa shape index (κ3) is 0.386. The van der Waals surface area contributed by atoms with E-state index >= 15 is 0 Å². The van der Waals surface area contributed by atoms with Crippen molar-refractivity contribution in [2.75, 3.05) is 0 Å². The Balaban J connectivity index is 2.62. The van der Waals surface area contributed by atoms with Crippen molar-refractivity contribution in [1.82, 2.24) is 4.98 Å². The van der Waals surface area contributed by atoms with E-state index in [9.17, 15) is 0 Å². The Kier molecular flexibility index (Phi) is 0.668. The highest BCUT2D eigenvalue weighted by atomic mass is 14.7. The van der Waals surface area contributed by atoms with Crippen molar-refractivity contribution >= 4 is 0 Å². The van der Waals surface area contributed by atoms with Crippen LogP contribution in [0.3, 0.4) is 0 Å². The molecule has 0 saturated heterocycles. The molecule has 2 rings (SSSR count). The highest BCUT2D eigenvalue weighted by Gasteiger charge is 2.11. The molecule has 0 fully saturated rings. The van der Waals surface area contributed by atoms with Gasteiger partial charge in [-0.25, -0.2) is 0 Å². The highest BCUT2D eigenvalue weighted by molar-refractivity contribution is 5.37. The Morgan fingerprint density at radius 3 is 2.88 bits per heavy atom. The lowest BCUT2D eigenvalue weighted by Crippen LogP contribution is -2.06. The third-order valence-electron chi connectivity index (χ3n) is 1.44. The average molecular weight is 104 g/mol. The quantitative estimate of drug-likeness (QED) is 0.481. The van der Waals surface area contributed by atoms with Crippen LogP contribution in [0, 0.1) is 6.42 Å². The van der Waals surface area contributed by atoms with Crippen LogP contribution in [0.5, 0.6) is 0 Å². The molecule has 1 aliphatic carbocycles. The van der Waals surface area contributed by atoms with Crippen molar-refractivity contribution in [3.8, 4) is 0 Å². The van der Waals surface area contributed by atoms with E-state index < -0.39 is 0 Å². The predicted octanol–water partition coefficient (Wildman–Crippen LogP) is 1.19. The monoisotopic (exact) mass is 104 g/mol. The second-order valence-electron chi connectivity index (χ2n) is 1.96. The molecule has 1 heterocycles. The number of rotatable bonds is 0. The minimum atomic E-state index is 1.11. The van der Waals surface area contributed by atoms with Gasteiger partial charge < -0.3 is 0 Å². The van der Waals surface area contributed by atoms with Gasteiger partial charge in [0, 0.05) is 18.3 Å². The van der Waals surface area contributed by atoms with Crippen LogP contribution in [0.1, 0.15) is 11.3 Å². The van der Waals surface area contributed by atoms with Crippen molar-refractivity contribution in [3.63, 3.8) is 0 Å². The summed E-state index contributed by atoms with van der Waals surface area (Å²) >= 11 is 0. The van der Waals surface area contributed by atoms with Crippen molar-refractivity contribution in [2.45, 2.75) is 6.42 Å². The van der Waals surface area contributed by atoms with Crippen molar-refractivity contribution in [2.24, 2.45) is 0 Å². The van der Waals surface area contributed by atoms with Gasteiger partial charge in [-0.05, 0) is 18.1 Å². The molecule has 39 valence electrons. The molecule has 0 aliphatic heterocycles. The van der Waals surface area contributed by atoms with Gasteiger partial charge in [-0.2, -0.15) is 0 Å². The maximum Gasteiger partial charge on any atom is 0.0476 e. The summed E-state index contributed by atoms with van der Waals surface area (Å²) in [4.78, 5) is 4.11. The second kappa shape index (κ2) is 1.31. The summed E-state index contributed by atoms with van der Waals surface area (Å²) in [5.74, 6) is 0. The summed E-state index contributed by atoms with van der Waals surface area (Å²) in [6.45, 7) is 0. The van der Waals surface area contributed by atoms with Crippen LogP contribution < -0.4 is 0 Å². The zero-order valence-electron chi connectivity index (χ0n) is 4.46. The first-order chi connectivity index (χ1) is 3.97. The standard InChI is InChI=1S/C7H6N/c1-2-6-3-4-7(6)8-5-1/h1-2,4-5H,3H2. The van der Waals surface area contributed by atoms with Crippen LogP contribution in [0.25, 0.3) is 0 Å². The molecular weight excluding hydrogens is 98.1 g/mol. The molecule has 0 unspecified atom stereocenters. The first kappa shape index (κ1) is 4.07. The number of pyridine rings is 1. The predicted molar refractivity (Wildman–Crippen MR) is 31.3 cm³/mol. The lowest BCUT2D eigenvalue weighted by atomic mass is 9.95. The Labute approximate surface area is 48.4 Å². The van der Waals surface area contributed by atoms with Crippen LogP contribution in [-0.4, -0.2) is 4.98 Å². The number of hydrogen-bond acceptors (Lipinski definition) is 1.